The van der Waals surface area contributed by atoms with Crippen LogP contribution in [0.2, 0.25) is 0 Å². The smallest absolute Gasteiger partial charge is 0.244 e. The van der Waals surface area contributed by atoms with E-state index in [1.54, 1.807) is 31.4 Å². The van der Waals surface area contributed by atoms with Gasteiger partial charge in [-0.15, -0.1) is 5.10 Å². The SMILES string of the molecule is COc1ccc2c(c1)CCN(C(=O)Cn1nc(-c3ccc(F)cc3)nc1-c1ccc(F)cc1)CC2. The number of nitrogens with zero attached hydrogens (tertiary/aromatic N) is 4. The van der Waals surface area contributed by atoms with Gasteiger partial charge in [0.1, 0.15) is 23.9 Å². The highest BCUT2D eigenvalue weighted by molar-refractivity contribution is 5.77. The Balaban J connectivity index is 1.41. The van der Waals surface area contributed by atoms with Crippen molar-refractivity contribution in [2.75, 3.05) is 20.2 Å². The van der Waals surface area contributed by atoms with Crippen molar-refractivity contribution in [1.29, 1.82) is 0 Å². The second kappa shape index (κ2) is 9.66. The summed E-state index contributed by atoms with van der Waals surface area (Å²) < 4.78 is 33.8. The van der Waals surface area contributed by atoms with Gasteiger partial charge in [0.2, 0.25) is 5.91 Å². The summed E-state index contributed by atoms with van der Waals surface area (Å²) in [6.45, 7) is 1.18. The van der Waals surface area contributed by atoms with E-state index in [4.69, 9.17) is 4.74 Å². The van der Waals surface area contributed by atoms with Crippen molar-refractivity contribution < 1.29 is 18.3 Å². The third-order valence-electron chi connectivity index (χ3n) is 6.23. The van der Waals surface area contributed by atoms with Crippen molar-refractivity contribution in [1.82, 2.24) is 19.7 Å². The molecule has 0 unspecified atom stereocenters. The number of methoxy groups -OCH3 is 1. The van der Waals surface area contributed by atoms with E-state index in [-0.39, 0.29) is 24.1 Å². The minimum Gasteiger partial charge on any atom is -0.497 e. The fourth-order valence-corrected chi connectivity index (χ4v) is 4.29. The predicted octanol–water partition coefficient (Wildman–Crippen LogP) is 4.53. The van der Waals surface area contributed by atoms with Gasteiger partial charge < -0.3 is 9.64 Å². The van der Waals surface area contributed by atoms with Crippen LogP contribution < -0.4 is 4.74 Å². The summed E-state index contributed by atoms with van der Waals surface area (Å²) in [6, 6.07) is 17.8. The van der Waals surface area contributed by atoms with E-state index in [0.717, 1.165) is 18.6 Å². The Morgan fingerprint density at radius 3 is 2.17 bits per heavy atom. The van der Waals surface area contributed by atoms with E-state index in [2.05, 4.69) is 16.1 Å². The first-order valence-corrected chi connectivity index (χ1v) is 11.4. The topological polar surface area (TPSA) is 60.2 Å². The minimum atomic E-state index is -0.365. The van der Waals surface area contributed by atoms with Gasteiger partial charge in [-0.3, -0.25) is 4.79 Å². The number of benzene rings is 3. The van der Waals surface area contributed by atoms with Crippen LogP contribution in [-0.2, 0) is 24.2 Å². The standard InChI is InChI=1S/C27H24F2N4O2/c1-35-24-11-6-18-12-14-32(15-13-21(18)16-24)25(34)17-33-27(20-4-9-23(29)10-5-20)30-26(31-33)19-2-7-22(28)8-3-19/h2-11,16H,12-15,17H2,1H3. The summed E-state index contributed by atoms with van der Waals surface area (Å²) >= 11 is 0. The Bertz CT molecular complexity index is 1350. The lowest BCUT2D eigenvalue weighted by atomic mass is 10.0. The van der Waals surface area contributed by atoms with Gasteiger partial charge in [-0.05, 0) is 84.6 Å². The molecule has 1 aliphatic rings. The molecule has 178 valence electrons. The lowest BCUT2D eigenvalue weighted by molar-refractivity contribution is -0.131. The molecule has 2 heterocycles. The number of rotatable bonds is 5. The van der Waals surface area contributed by atoms with Gasteiger partial charge in [-0.25, -0.2) is 18.4 Å². The maximum Gasteiger partial charge on any atom is 0.244 e. The van der Waals surface area contributed by atoms with Gasteiger partial charge in [0, 0.05) is 24.2 Å². The number of carbonyl (C=O) groups excluding carboxylic acids is 1. The normalized spacial score (nSPS) is 13.3. The minimum absolute atomic E-state index is 0.0133. The molecule has 1 aromatic heterocycles. The van der Waals surface area contributed by atoms with E-state index in [9.17, 15) is 13.6 Å². The van der Waals surface area contributed by atoms with Gasteiger partial charge in [-0.2, -0.15) is 0 Å². The molecule has 0 saturated heterocycles. The van der Waals surface area contributed by atoms with E-state index < -0.39 is 0 Å². The molecule has 8 heteroatoms. The van der Waals surface area contributed by atoms with Crippen LogP contribution in [0.3, 0.4) is 0 Å². The highest BCUT2D eigenvalue weighted by atomic mass is 19.1. The Labute approximate surface area is 201 Å². The van der Waals surface area contributed by atoms with E-state index in [1.165, 1.54) is 40.1 Å². The van der Waals surface area contributed by atoms with Crippen LogP contribution in [0.1, 0.15) is 11.1 Å². The summed E-state index contributed by atoms with van der Waals surface area (Å²) in [5.74, 6) is 0.817. The first kappa shape index (κ1) is 22.7. The maximum absolute atomic E-state index is 13.5. The second-order valence-electron chi connectivity index (χ2n) is 8.45. The van der Waals surface area contributed by atoms with Crippen LogP contribution in [0, 0.1) is 11.6 Å². The van der Waals surface area contributed by atoms with Gasteiger partial charge in [0.05, 0.1) is 7.11 Å². The summed E-state index contributed by atoms with van der Waals surface area (Å²) in [7, 11) is 1.64. The predicted molar refractivity (Wildman–Crippen MR) is 128 cm³/mol. The molecule has 6 nitrogen and oxygen atoms in total. The van der Waals surface area contributed by atoms with Crippen LogP contribution in [-0.4, -0.2) is 45.8 Å². The second-order valence-corrected chi connectivity index (χ2v) is 8.45. The highest BCUT2D eigenvalue weighted by Crippen LogP contribution is 2.25. The van der Waals surface area contributed by atoms with Crippen molar-refractivity contribution in [3.05, 3.63) is 89.5 Å². The number of aromatic nitrogens is 3. The van der Waals surface area contributed by atoms with Crippen LogP contribution in [0.5, 0.6) is 5.75 Å². The quantitative estimate of drug-likeness (QED) is 0.427. The van der Waals surface area contributed by atoms with Crippen LogP contribution in [0.15, 0.2) is 66.7 Å². The van der Waals surface area contributed by atoms with Crippen molar-refractivity contribution >= 4 is 5.91 Å². The van der Waals surface area contributed by atoms with Crippen LogP contribution in [0.25, 0.3) is 22.8 Å². The molecular formula is C27H24F2N4O2. The van der Waals surface area contributed by atoms with Crippen molar-refractivity contribution in [2.24, 2.45) is 0 Å². The molecular weight excluding hydrogens is 450 g/mol. The number of halogens is 2. The number of hydrogen-bond donors (Lipinski definition) is 0. The Hall–Kier alpha value is -4.07. The zero-order valence-electron chi connectivity index (χ0n) is 19.2. The van der Waals surface area contributed by atoms with Crippen molar-refractivity contribution in [2.45, 2.75) is 19.4 Å². The number of ether oxygens (including phenoxy) is 1. The monoisotopic (exact) mass is 474 g/mol. The zero-order chi connectivity index (χ0) is 24.4. The summed E-state index contributed by atoms with van der Waals surface area (Å²) in [4.78, 5) is 19.8. The molecule has 0 radical (unpaired) electrons. The molecule has 5 rings (SSSR count). The molecule has 0 saturated carbocycles. The first-order chi connectivity index (χ1) is 17.0. The Morgan fingerprint density at radius 1 is 0.886 bits per heavy atom. The van der Waals surface area contributed by atoms with Crippen LogP contribution >= 0.6 is 0 Å². The van der Waals surface area contributed by atoms with Crippen molar-refractivity contribution in [3.8, 4) is 28.5 Å². The fourth-order valence-electron chi connectivity index (χ4n) is 4.29. The van der Waals surface area contributed by atoms with Crippen molar-refractivity contribution in [3.63, 3.8) is 0 Å². The fraction of sp³-hybridized carbons (Fsp3) is 0.222. The van der Waals surface area contributed by atoms with Gasteiger partial charge in [0.25, 0.3) is 0 Å². The molecule has 3 aromatic carbocycles. The van der Waals surface area contributed by atoms with E-state index >= 15 is 0 Å². The third kappa shape index (κ3) is 4.91. The molecule has 0 N–H and O–H groups in total. The Kier molecular flexibility index (Phi) is 6.27. The highest BCUT2D eigenvalue weighted by Gasteiger charge is 2.22. The maximum atomic E-state index is 13.5. The Morgan fingerprint density at radius 2 is 1.51 bits per heavy atom. The molecule has 35 heavy (non-hydrogen) atoms. The number of fused-ring (bicyclic) bond motifs is 1. The largest absolute Gasteiger partial charge is 0.497 e. The molecule has 1 amide bonds. The van der Waals surface area contributed by atoms with Crippen LogP contribution in [0.4, 0.5) is 8.78 Å². The summed E-state index contributed by atoms with van der Waals surface area (Å²) in [6.07, 6.45) is 1.50. The van der Waals surface area contributed by atoms with Gasteiger partial charge >= 0.3 is 0 Å². The molecule has 0 atom stereocenters. The zero-order valence-corrected chi connectivity index (χ0v) is 19.2. The molecule has 0 aliphatic carbocycles. The van der Waals surface area contributed by atoms with E-state index in [1.807, 2.05) is 17.0 Å². The van der Waals surface area contributed by atoms with Gasteiger partial charge in [-0.1, -0.05) is 6.07 Å². The molecule has 0 bridgehead atoms. The summed E-state index contributed by atoms with van der Waals surface area (Å²) in [5, 5.41) is 4.55. The number of hydrogen-bond acceptors (Lipinski definition) is 4. The van der Waals surface area contributed by atoms with E-state index in [0.29, 0.717) is 35.9 Å². The third-order valence-corrected chi connectivity index (χ3v) is 6.23. The lowest BCUT2D eigenvalue weighted by Crippen LogP contribution is -2.36. The first-order valence-electron chi connectivity index (χ1n) is 11.4. The molecule has 0 fully saturated rings. The molecule has 1 aliphatic heterocycles. The number of carbonyl (C=O) groups is 1. The summed E-state index contributed by atoms with van der Waals surface area (Å²) in [5.41, 5.74) is 3.66. The molecule has 0 spiro atoms. The van der Waals surface area contributed by atoms with Gasteiger partial charge in [0.15, 0.2) is 11.6 Å². The average molecular weight is 475 g/mol. The lowest BCUT2D eigenvalue weighted by Gasteiger charge is -2.20. The molecule has 4 aromatic rings. The number of amides is 1. The average Bonchev–Trinajstić information content (AvgIpc) is 3.16.